The molecule has 0 aliphatic heterocycles. The molecule has 15 heavy (non-hydrogen) atoms. The summed E-state index contributed by atoms with van der Waals surface area (Å²) in [7, 11) is -1.92. The third-order valence-corrected chi connectivity index (χ3v) is 4.33. The predicted molar refractivity (Wildman–Crippen MR) is 60.3 cm³/mol. The molecule has 0 saturated heterocycles. The van der Waals surface area contributed by atoms with Crippen molar-refractivity contribution in [1.82, 2.24) is 0 Å². The number of hydrogen-bond donors (Lipinski definition) is 0. The molecule has 0 saturated carbocycles. The molecule has 0 amide bonds. The van der Waals surface area contributed by atoms with Gasteiger partial charge in [-0.15, -0.1) is 0 Å². The quantitative estimate of drug-likeness (QED) is 0.664. The summed E-state index contributed by atoms with van der Waals surface area (Å²) in [6.07, 6.45) is 0.547. The number of ether oxygens (including phenoxy) is 1. The minimum atomic E-state index is -3.46. The highest BCUT2D eigenvalue weighted by atomic mass is 32.2. The first kappa shape index (κ1) is 14.9. The molecule has 0 radical (unpaired) electrons. The highest BCUT2D eigenvalue weighted by Gasteiger charge is 2.41. The van der Waals surface area contributed by atoms with Gasteiger partial charge in [-0.2, -0.15) is 8.42 Å². The Morgan fingerprint density at radius 1 is 1.07 bits per heavy atom. The summed E-state index contributed by atoms with van der Waals surface area (Å²) >= 11 is 0. The topological polar surface area (TPSA) is 52.6 Å². The van der Waals surface area contributed by atoms with Gasteiger partial charge in [-0.05, 0) is 34.1 Å². The standard InChI is InChI=1S/C10H22O4S/c1-7-8-15(11,12)14-10(4,5)9(2,3)13-6/h7-8H2,1-6H3. The van der Waals surface area contributed by atoms with Gasteiger partial charge in [0.05, 0.1) is 11.4 Å². The van der Waals surface area contributed by atoms with Crippen LogP contribution in [-0.2, 0) is 19.0 Å². The fourth-order valence-corrected chi connectivity index (χ4v) is 2.37. The fraction of sp³-hybridized carbons (Fsp3) is 1.00. The first-order chi connectivity index (χ1) is 6.58. The summed E-state index contributed by atoms with van der Waals surface area (Å²) < 4.78 is 33.5. The molecule has 0 aromatic heterocycles. The van der Waals surface area contributed by atoms with Crippen molar-refractivity contribution in [2.75, 3.05) is 12.9 Å². The molecule has 0 bridgehead atoms. The van der Waals surface area contributed by atoms with Crippen LogP contribution in [0.4, 0.5) is 0 Å². The van der Waals surface area contributed by atoms with Crippen LogP contribution in [0.1, 0.15) is 41.0 Å². The van der Waals surface area contributed by atoms with Crippen molar-refractivity contribution < 1.29 is 17.3 Å². The highest BCUT2D eigenvalue weighted by molar-refractivity contribution is 7.86. The zero-order valence-corrected chi connectivity index (χ0v) is 11.3. The van der Waals surface area contributed by atoms with Gasteiger partial charge in [0, 0.05) is 7.11 Å². The third-order valence-electron chi connectivity index (χ3n) is 2.75. The summed E-state index contributed by atoms with van der Waals surface area (Å²) in [5, 5.41) is 0. The van der Waals surface area contributed by atoms with Crippen LogP contribution in [0.15, 0.2) is 0 Å². The second-order valence-electron chi connectivity index (χ2n) is 4.57. The Kier molecular flexibility index (Phi) is 4.76. The lowest BCUT2D eigenvalue weighted by molar-refractivity contribution is -0.112. The van der Waals surface area contributed by atoms with E-state index in [0.29, 0.717) is 6.42 Å². The lowest BCUT2D eigenvalue weighted by Gasteiger charge is -2.39. The summed E-state index contributed by atoms with van der Waals surface area (Å²) in [5.74, 6) is 0.0379. The smallest absolute Gasteiger partial charge is 0.267 e. The van der Waals surface area contributed by atoms with Crippen LogP contribution in [0.3, 0.4) is 0 Å². The molecule has 5 heteroatoms. The van der Waals surface area contributed by atoms with E-state index in [1.807, 2.05) is 0 Å². The van der Waals surface area contributed by atoms with E-state index >= 15 is 0 Å². The largest absolute Gasteiger partial charge is 0.376 e. The molecule has 0 atom stereocenters. The van der Waals surface area contributed by atoms with Crippen LogP contribution in [0.25, 0.3) is 0 Å². The Balaban J connectivity index is 4.79. The van der Waals surface area contributed by atoms with E-state index in [1.165, 1.54) is 7.11 Å². The maximum Gasteiger partial charge on any atom is 0.267 e. The third kappa shape index (κ3) is 4.09. The molecule has 0 heterocycles. The normalized spacial score (nSPS) is 14.3. The van der Waals surface area contributed by atoms with Crippen LogP contribution in [-0.4, -0.2) is 32.5 Å². The zero-order valence-electron chi connectivity index (χ0n) is 10.5. The summed E-state index contributed by atoms with van der Waals surface area (Å²) in [4.78, 5) is 0. The molecule has 0 rings (SSSR count). The van der Waals surface area contributed by atoms with Gasteiger partial charge in [0.15, 0.2) is 0 Å². The second kappa shape index (κ2) is 4.80. The maximum absolute atomic E-state index is 11.5. The molecule has 92 valence electrons. The lowest BCUT2D eigenvalue weighted by atomic mass is 9.90. The van der Waals surface area contributed by atoms with Crippen molar-refractivity contribution in [2.24, 2.45) is 0 Å². The molecule has 0 unspecified atom stereocenters. The molecule has 0 N–H and O–H groups in total. The second-order valence-corrected chi connectivity index (χ2v) is 6.26. The lowest BCUT2D eigenvalue weighted by Crippen LogP contribution is -2.50. The van der Waals surface area contributed by atoms with Crippen LogP contribution < -0.4 is 0 Å². The van der Waals surface area contributed by atoms with Crippen molar-refractivity contribution >= 4 is 10.1 Å². The van der Waals surface area contributed by atoms with E-state index in [0.717, 1.165) is 0 Å². The van der Waals surface area contributed by atoms with E-state index < -0.39 is 21.3 Å². The molecule has 0 aromatic carbocycles. The van der Waals surface area contributed by atoms with Gasteiger partial charge in [0.25, 0.3) is 10.1 Å². The van der Waals surface area contributed by atoms with Gasteiger partial charge in [-0.3, -0.25) is 4.18 Å². The van der Waals surface area contributed by atoms with Gasteiger partial charge in [0.2, 0.25) is 0 Å². The minimum Gasteiger partial charge on any atom is -0.376 e. The van der Waals surface area contributed by atoms with Crippen molar-refractivity contribution in [3.8, 4) is 0 Å². The van der Waals surface area contributed by atoms with E-state index in [-0.39, 0.29) is 5.75 Å². The molecule has 0 fully saturated rings. The molecule has 0 aliphatic carbocycles. The first-order valence-corrected chi connectivity index (χ1v) is 6.64. The predicted octanol–water partition coefficient (Wildman–Crippen LogP) is 1.95. The molecule has 0 spiro atoms. The Bertz CT molecular complexity index is 291. The molecule has 0 aromatic rings. The summed E-state index contributed by atoms with van der Waals surface area (Å²) in [6.45, 7) is 8.83. The summed E-state index contributed by atoms with van der Waals surface area (Å²) in [5.41, 5.74) is -1.54. The van der Waals surface area contributed by atoms with E-state index in [9.17, 15) is 8.42 Å². The van der Waals surface area contributed by atoms with E-state index in [4.69, 9.17) is 8.92 Å². The van der Waals surface area contributed by atoms with Crippen LogP contribution in [0.5, 0.6) is 0 Å². The molecular formula is C10H22O4S. The number of hydrogen-bond acceptors (Lipinski definition) is 4. The van der Waals surface area contributed by atoms with Gasteiger partial charge >= 0.3 is 0 Å². The fourth-order valence-electron chi connectivity index (χ4n) is 0.955. The van der Waals surface area contributed by atoms with Crippen molar-refractivity contribution in [2.45, 2.75) is 52.2 Å². The SMILES string of the molecule is CCCS(=O)(=O)OC(C)(C)C(C)(C)OC. The molecule has 0 aliphatic rings. The number of rotatable bonds is 6. The van der Waals surface area contributed by atoms with Crippen molar-refractivity contribution in [1.29, 1.82) is 0 Å². The maximum atomic E-state index is 11.5. The van der Waals surface area contributed by atoms with Crippen LogP contribution in [0, 0.1) is 0 Å². The van der Waals surface area contributed by atoms with Gasteiger partial charge in [-0.25, -0.2) is 0 Å². The van der Waals surface area contributed by atoms with Crippen LogP contribution in [0.2, 0.25) is 0 Å². The Morgan fingerprint density at radius 3 is 1.87 bits per heavy atom. The van der Waals surface area contributed by atoms with Gasteiger partial charge in [-0.1, -0.05) is 6.92 Å². The molecular weight excluding hydrogens is 216 g/mol. The highest BCUT2D eigenvalue weighted by Crippen LogP contribution is 2.30. The average Bonchev–Trinajstić information content (AvgIpc) is 2.01. The Hall–Kier alpha value is -0.130. The van der Waals surface area contributed by atoms with Gasteiger partial charge in [0.1, 0.15) is 5.60 Å². The minimum absolute atomic E-state index is 0.0379. The average molecular weight is 238 g/mol. The van der Waals surface area contributed by atoms with Crippen LogP contribution >= 0.6 is 0 Å². The Labute approximate surface area is 93.1 Å². The van der Waals surface area contributed by atoms with Crippen molar-refractivity contribution in [3.63, 3.8) is 0 Å². The summed E-state index contributed by atoms with van der Waals surface area (Å²) in [6, 6.07) is 0. The monoisotopic (exact) mass is 238 g/mol. The van der Waals surface area contributed by atoms with E-state index in [2.05, 4.69) is 0 Å². The number of methoxy groups -OCH3 is 1. The van der Waals surface area contributed by atoms with Crippen molar-refractivity contribution in [3.05, 3.63) is 0 Å². The van der Waals surface area contributed by atoms with Gasteiger partial charge < -0.3 is 4.74 Å². The van der Waals surface area contributed by atoms with E-state index in [1.54, 1.807) is 34.6 Å². The Morgan fingerprint density at radius 2 is 1.53 bits per heavy atom. The zero-order chi connectivity index (χ0) is 12.3. The first-order valence-electron chi connectivity index (χ1n) is 5.06. The molecule has 4 nitrogen and oxygen atoms in total.